The number of sulfone groups is 1. The lowest BCUT2D eigenvalue weighted by Crippen LogP contribution is -2.45. The summed E-state index contributed by atoms with van der Waals surface area (Å²) in [4.78, 5) is 4.52. The van der Waals surface area contributed by atoms with Crippen LogP contribution in [-0.4, -0.2) is 33.2 Å². The van der Waals surface area contributed by atoms with Gasteiger partial charge in [0.25, 0.3) is 0 Å². The zero-order chi connectivity index (χ0) is 19.0. The first kappa shape index (κ1) is 23.7. The Bertz CT molecular complexity index is 828. The number of aliphatic imine (C=N–C) groups is 1. The van der Waals surface area contributed by atoms with Crippen molar-refractivity contribution in [2.75, 3.05) is 12.8 Å². The molecule has 2 aromatic rings. The molecule has 0 aliphatic rings. The zero-order valence-corrected chi connectivity index (χ0v) is 19.3. The second kappa shape index (κ2) is 11.5. The summed E-state index contributed by atoms with van der Waals surface area (Å²) in [6.07, 6.45) is 0.660. The molecule has 0 aliphatic heterocycles. The van der Waals surface area contributed by atoms with Crippen LogP contribution in [-0.2, 0) is 16.4 Å². The highest BCUT2D eigenvalue weighted by molar-refractivity contribution is 14.0. The van der Waals surface area contributed by atoms with E-state index in [1.165, 1.54) is 0 Å². The maximum absolute atomic E-state index is 12.6. The maximum Gasteiger partial charge on any atom is 0.191 e. The molecule has 0 radical (unpaired) electrons. The molecule has 0 saturated carbocycles. The number of hydrogen-bond donors (Lipinski definition) is 2. The van der Waals surface area contributed by atoms with Crippen LogP contribution in [0.25, 0.3) is 0 Å². The Balaban J connectivity index is 0.00000364. The lowest BCUT2D eigenvalue weighted by molar-refractivity contribution is 0.568. The predicted molar refractivity (Wildman–Crippen MR) is 123 cm³/mol. The first-order chi connectivity index (χ1) is 12.4. The first-order valence-corrected chi connectivity index (χ1v) is 10.5. The molecular weight excluding hydrogens is 497 g/mol. The molecule has 2 N–H and O–H groups in total. The highest BCUT2D eigenvalue weighted by Gasteiger charge is 2.20. The quantitative estimate of drug-likeness (QED) is 0.330. The summed E-state index contributed by atoms with van der Waals surface area (Å²) in [5.74, 6) is 0.574. The van der Waals surface area contributed by atoms with Gasteiger partial charge in [-0.05, 0) is 36.2 Å². The van der Waals surface area contributed by atoms with Crippen molar-refractivity contribution in [3.05, 3.63) is 65.2 Å². The monoisotopic (exact) mass is 521 g/mol. The van der Waals surface area contributed by atoms with Crippen molar-refractivity contribution in [1.82, 2.24) is 10.6 Å². The van der Waals surface area contributed by atoms with Gasteiger partial charge >= 0.3 is 0 Å². The number of guanidine groups is 1. The van der Waals surface area contributed by atoms with E-state index in [1.54, 1.807) is 37.4 Å². The molecule has 0 saturated heterocycles. The first-order valence-electron chi connectivity index (χ1n) is 8.44. The van der Waals surface area contributed by atoms with Crippen molar-refractivity contribution in [2.45, 2.75) is 30.8 Å². The third kappa shape index (κ3) is 7.67. The van der Waals surface area contributed by atoms with E-state index in [9.17, 15) is 8.42 Å². The Kier molecular flexibility index (Phi) is 10.1. The summed E-state index contributed by atoms with van der Waals surface area (Å²) < 4.78 is 25.1. The van der Waals surface area contributed by atoms with Gasteiger partial charge in [-0.3, -0.25) is 4.99 Å². The molecule has 8 heteroatoms. The molecule has 0 fully saturated rings. The molecule has 0 bridgehead atoms. The van der Waals surface area contributed by atoms with Crippen molar-refractivity contribution < 1.29 is 8.42 Å². The van der Waals surface area contributed by atoms with E-state index < -0.39 is 9.84 Å². The Hall–Kier alpha value is -1.32. The van der Waals surface area contributed by atoms with E-state index in [0.29, 0.717) is 28.8 Å². The summed E-state index contributed by atoms with van der Waals surface area (Å²) in [7, 11) is -1.69. The predicted octanol–water partition coefficient (Wildman–Crippen LogP) is 3.88. The molecular formula is C19H25ClIN3O2S. The minimum absolute atomic E-state index is 0. The molecule has 27 heavy (non-hydrogen) atoms. The van der Waals surface area contributed by atoms with Crippen LogP contribution >= 0.6 is 35.6 Å². The number of benzene rings is 2. The molecule has 5 nitrogen and oxygen atoms in total. The van der Waals surface area contributed by atoms with E-state index >= 15 is 0 Å². The van der Waals surface area contributed by atoms with Crippen LogP contribution < -0.4 is 10.6 Å². The molecule has 1 atom stereocenters. The van der Waals surface area contributed by atoms with Crippen molar-refractivity contribution in [2.24, 2.45) is 4.99 Å². The van der Waals surface area contributed by atoms with Gasteiger partial charge in [0.2, 0.25) is 0 Å². The second-order valence-corrected chi connectivity index (χ2v) is 8.37. The average molecular weight is 522 g/mol. The lowest BCUT2D eigenvalue weighted by Gasteiger charge is -2.20. The van der Waals surface area contributed by atoms with E-state index in [2.05, 4.69) is 15.6 Å². The van der Waals surface area contributed by atoms with Crippen molar-refractivity contribution in [3.8, 4) is 0 Å². The molecule has 148 valence electrons. The van der Waals surface area contributed by atoms with Gasteiger partial charge in [0.15, 0.2) is 15.8 Å². The third-order valence-electron chi connectivity index (χ3n) is 3.95. The zero-order valence-electron chi connectivity index (χ0n) is 15.4. The van der Waals surface area contributed by atoms with Crippen LogP contribution in [0.1, 0.15) is 18.9 Å². The van der Waals surface area contributed by atoms with Gasteiger partial charge < -0.3 is 10.6 Å². The van der Waals surface area contributed by atoms with Crippen molar-refractivity contribution >= 4 is 51.4 Å². The number of halogens is 2. The number of hydrogen-bond acceptors (Lipinski definition) is 3. The third-order valence-corrected chi connectivity index (χ3v) is 6.04. The SMILES string of the molecule is CCC(CS(=O)(=O)c1ccccc1)NC(=NC)NCc1ccc(Cl)cc1.I. The van der Waals surface area contributed by atoms with Crippen LogP contribution in [0.5, 0.6) is 0 Å². The fraction of sp³-hybridized carbons (Fsp3) is 0.316. The fourth-order valence-corrected chi connectivity index (χ4v) is 4.17. The van der Waals surface area contributed by atoms with Crippen molar-refractivity contribution in [3.63, 3.8) is 0 Å². The summed E-state index contributed by atoms with van der Waals surface area (Å²) in [6.45, 7) is 2.52. The second-order valence-electron chi connectivity index (χ2n) is 5.90. The Morgan fingerprint density at radius 3 is 2.30 bits per heavy atom. The lowest BCUT2D eigenvalue weighted by atomic mass is 10.2. The van der Waals surface area contributed by atoms with Gasteiger partial charge in [0.05, 0.1) is 10.6 Å². The Morgan fingerprint density at radius 2 is 1.74 bits per heavy atom. The maximum atomic E-state index is 12.6. The largest absolute Gasteiger partial charge is 0.353 e. The number of nitrogens with zero attached hydrogens (tertiary/aromatic N) is 1. The van der Waals surface area contributed by atoms with Crippen LogP contribution in [0.4, 0.5) is 0 Å². The fourth-order valence-electron chi connectivity index (χ4n) is 2.43. The van der Waals surface area contributed by atoms with Crippen molar-refractivity contribution in [1.29, 1.82) is 0 Å². The highest BCUT2D eigenvalue weighted by Crippen LogP contribution is 2.12. The molecule has 0 aliphatic carbocycles. The topological polar surface area (TPSA) is 70.6 Å². The van der Waals surface area contributed by atoms with Crippen LogP contribution in [0.2, 0.25) is 5.02 Å². The molecule has 0 aromatic heterocycles. The summed E-state index contributed by atoms with van der Waals surface area (Å²) in [5, 5.41) is 7.08. The van der Waals surface area contributed by atoms with E-state index in [-0.39, 0.29) is 35.8 Å². The van der Waals surface area contributed by atoms with Gasteiger partial charge in [0.1, 0.15) is 0 Å². The molecule has 2 aromatic carbocycles. The van der Waals surface area contributed by atoms with Crippen LogP contribution in [0.15, 0.2) is 64.5 Å². The molecule has 0 spiro atoms. The normalized spacial score (nSPS) is 12.8. The minimum atomic E-state index is -3.36. The summed E-state index contributed by atoms with van der Waals surface area (Å²) >= 11 is 5.89. The minimum Gasteiger partial charge on any atom is -0.353 e. The smallest absolute Gasteiger partial charge is 0.191 e. The van der Waals surface area contributed by atoms with Gasteiger partial charge in [-0.1, -0.05) is 48.9 Å². The van der Waals surface area contributed by atoms with Gasteiger partial charge in [0, 0.05) is 24.7 Å². The van der Waals surface area contributed by atoms with Gasteiger partial charge in [-0.25, -0.2) is 8.42 Å². The average Bonchev–Trinajstić information content (AvgIpc) is 2.66. The standard InChI is InChI=1S/C19H24ClN3O2S.HI/c1-3-17(14-26(24,25)18-7-5-4-6-8-18)23-19(21-2)22-13-15-9-11-16(20)12-10-15;/h4-12,17H,3,13-14H2,1-2H3,(H2,21,22,23);1H. The van der Waals surface area contributed by atoms with Crippen LogP contribution in [0, 0.1) is 0 Å². The van der Waals surface area contributed by atoms with Gasteiger partial charge in [-0.15, -0.1) is 24.0 Å². The van der Waals surface area contributed by atoms with Gasteiger partial charge in [-0.2, -0.15) is 0 Å². The molecule has 1 unspecified atom stereocenters. The number of nitrogens with one attached hydrogen (secondary N) is 2. The van der Waals surface area contributed by atoms with E-state index in [0.717, 1.165) is 5.56 Å². The van der Waals surface area contributed by atoms with E-state index in [4.69, 9.17) is 11.6 Å². The molecule has 0 heterocycles. The summed E-state index contributed by atoms with van der Waals surface area (Å²) in [6, 6.07) is 15.8. The van der Waals surface area contributed by atoms with Crippen LogP contribution in [0.3, 0.4) is 0 Å². The Morgan fingerprint density at radius 1 is 1.11 bits per heavy atom. The summed E-state index contributed by atoms with van der Waals surface area (Å²) in [5.41, 5.74) is 1.06. The Labute approximate surface area is 183 Å². The number of rotatable bonds is 7. The highest BCUT2D eigenvalue weighted by atomic mass is 127. The van der Waals surface area contributed by atoms with E-state index in [1.807, 2.05) is 31.2 Å². The molecule has 2 rings (SSSR count). The molecule has 0 amide bonds.